The molecule has 0 aromatic carbocycles. The molecule has 0 bridgehead atoms. The van der Waals surface area contributed by atoms with E-state index in [1.165, 1.54) is 109 Å². The Kier molecular flexibility index (Phi) is 31.3. The summed E-state index contributed by atoms with van der Waals surface area (Å²) in [4.78, 5) is 13.0. The van der Waals surface area contributed by atoms with Crippen LogP contribution in [0.1, 0.15) is 187 Å². The molecular formula is C42H81NO9. The standard InChI is InChI=1S/C42H81NO9/c1-3-5-7-9-11-13-15-17-19-20-22-24-26-28-30-35(45)34(33-51-42-40(49)39(48)38(47)37(32-44)52-42)43-41(50)36(46)31-29-27-25-23-21-18-16-14-12-10-8-6-4-2/h21,23,34-40,42,44-49H,3-20,22,24-33H2,1-2H3,(H,43,50)/b23-21-. The number of ether oxygens (including phenoxy) is 2. The van der Waals surface area contributed by atoms with Gasteiger partial charge in [-0.15, -0.1) is 0 Å². The number of aliphatic hydroxyl groups is 6. The summed E-state index contributed by atoms with van der Waals surface area (Å²) in [6, 6.07) is -0.897. The molecule has 1 aliphatic heterocycles. The third-order valence-electron chi connectivity index (χ3n) is 10.5. The van der Waals surface area contributed by atoms with Gasteiger partial charge in [-0.3, -0.25) is 4.79 Å². The van der Waals surface area contributed by atoms with Crippen LogP contribution in [-0.4, -0.2) is 98.7 Å². The first-order valence-electron chi connectivity index (χ1n) is 21.5. The van der Waals surface area contributed by atoms with Gasteiger partial charge in [0.25, 0.3) is 0 Å². The highest BCUT2D eigenvalue weighted by molar-refractivity contribution is 5.80. The van der Waals surface area contributed by atoms with E-state index in [2.05, 4.69) is 31.3 Å². The summed E-state index contributed by atoms with van der Waals surface area (Å²) in [5.74, 6) is -0.600. The fraction of sp³-hybridized carbons (Fsp3) is 0.929. The maximum atomic E-state index is 13.0. The monoisotopic (exact) mass is 744 g/mol. The zero-order valence-electron chi connectivity index (χ0n) is 33.2. The van der Waals surface area contributed by atoms with Gasteiger partial charge in [-0.25, -0.2) is 0 Å². The molecular weight excluding hydrogens is 662 g/mol. The molecule has 0 aliphatic carbocycles. The molecule has 8 atom stereocenters. The lowest BCUT2D eigenvalue weighted by molar-refractivity contribution is -0.302. The number of amides is 1. The zero-order valence-corrected chi connectivity index (χ0v) is 33.2. The van der Waals surface area contributed by atoms with Crippen molar-refractivity contribution in [1.82, 2.24) is 5.32 Å². The highest BCUT2D eigenvalue weighted by Gasteiger charge is 2.44. The van der Waals surface area contributed by atoms with Gasteiger partial charge in [0.1, 0.15) is 30.5 Å². The summed E-state index contributed by atoms with van der Waals surface area (Å²) >= 11 is 0. The lowest BCUT2D eigenvalue weighted by Crippen LogP contribution is -2.60. The van der Waals surface area contributed by atoms with Crippen LogP contribution in [0.2, 0.25) is 0 Å². The summed E-state index contributed by atoms with van der Waals surface area (Å²) in [5.41, 5.74) is 0. The van der Waals surface area contributed by atoms with Crippen molar-refractivity contribution in [2.45, 2.75) is 236 Å². The number of unbranched alkanes of at least 4 members (excludes halogenated alkanes) is 22. The van der Waals surface area contributed by atoms with E-state index in [0.29, 0.717) is 19.3 Å². The topological polar surface area (TPSA) is 169 Å². The number of hydrogen-bond acceptors (Lipinski definition) is 9. The number of carbonyl (C=O) groups excluding carboxylic acids is 1. The van der Waals surface area contributed by atoms with Gasteiger partial charge in [0.15, 0.2) is 6.29 Å². The van der Waals surface area contributed by atoms with Crippen molar-refractivity contribution in [2.75, 3.05) is 13.2 Å². The number of hydrogen-bond donors (Lipinski definition) is 7. The number of allylic oxidation sites excluding steroid dienone is 2. The molecule has 1 aliphatic rings. The van der Waals surface area contributed by atoms with E-state index in [-0.39, 0.29) is 6.61 Å². The minimum atomic E-state index is -1.60. The van der Waals surface area contributed by atoms with Crippen LogP contribution < -0.4 is 5.32 Å². The minimum Gasteiger partial charge on any atom is -0.394 e. The molecule has 0 radical (unpaired) electrons. The number of nitrogens with one attached hydrogen (secondary N) is 1. The number of aliphatic hydroxyl groups excluding tert-OH is 6. The van der Waals surface area contributed by atoms with Crippen LogP contribution in [0.3, 0.4) is 0 Å². The van der Waals surface area contributed by atoms with Gasteiger partial charge < -0.3 is 45.4 Å². The Bertz CT molecular complexity index is 844. The van der Waals surface area contributed by atoms with Crippen LogP contribution in [0.5, 0.6) is 0 Å². The highest BCUT2D eigenvalue weighted by atomic mass is 16.7. The lowest BCUT2D eigenvalue weighted by atomic mass is 9.99. The molecule has 308 valence electrons. The molecule has 0 saturated carbocycles. The molecule has 0 spiro atoms. The molecule has 10 nitrogen and oxygen atoms in total. The highest BCUT2D eigenvalue weighted by Crippen LogP contribution is 2.23. The summed E-state index contributed by atoms with van der Waals surface area (Å²) in [6.45, 7) is 3.63. The second-order valence-corrected chi connectivity index (χ2v) is 15.3. The average Bonchev–Trinajstić information content (AvgIpc) is 3.14. The van der Waals surface area contributed by atoms with Crippen molar-refractivity contribution in [2.24, 2.45) is 0 Å². The Morgan fingerprint density at radius 1 is 0.635 bits per heavy atom. The van der Waals surface area contributed by atoms with Gasteiger partial charge in [-0.1, -0.05) is 161 Å². The van der Waals surface area contributed by atoms with E-state index in [9.17, 15) is 35.4 Å². The molecule has 8 unspecified atom stereocenters. The Labute approximate surface area is 317 Å². The van der Waals surface area contributed by atoms with Crippen LogP contribution in [0.25, 0.3) is 0 Å². The third-order valence-corrected chi connectivity index (χ3v) is 10.5. The van der Waals surface area contributed by atoms with Gasteiger partial charge in [0.2, 0.25) is 5.91 Å². The van der Waals surface area contributed by atoms with Crippen LogP contribution in [0.4, 0.5) is 0 Å². The second-order valence-electron chi connectivity index (χ2n) is 15.3. The SMILES string of the molecule is CCCCCCCCC/C=C\CCCCC(O)C(=O)NC(COC1OC(CO)C(O)C(O)C1O)C(O)CCCCCCCCCCCCCCCC. The first-order valence-corrected chi connectivity index (χ1v) is 21.5. The van der Waals surface area contributed by atoms with Gasteiger partial charge in [-0.2, -0.15) is 0 Å². The Hall–Kier alpha value is -1.11. The summed E-state index contributed by atoms with van der Waals surface area (Å²) in [6.07, 6.45) is 25.5. The van der Waals surface area contributed by atoms with E-state index in [1.54, 1.807) is 0 Å². The Balaban J connectivity index is 2.45. The van der Waals surface area contributed by atoms with Crippen molar-refractivity contribution in [3.05, 3.63) is 12.2 Å². The minimum absolute atomic E-state index is 0.259. The molecule has 10 heteroatoms. The maximum absolute atomic E-state index is 13.0. The molecule has 0 aromatic heterocycles. The molecule has 1 rings (SSSR count). The number of carbonyl (C=O) groups is 1. The van der Waals surface area contributed by atoms with Gasteiger partial charge in [0.05, 0.1) is 25.4 Å². The molecule has 1 fully saturated rings. The quantitative estimate of drug-likeness (QED) is 0.0264. The second kappa shape index (κ2) is 33.2. The lowest BCUT2D eigenvalue weighted by Gasteiger charge is -2.40. The van der Waals surface area contributed by atoms with Crippen molar-refractivity contribution in [3.8, 4) is 0 Å². The van der Waals surface area contributed by atoms with Crippen molar-refractivity contribution >= 4 is 5.91 Å². The van der Waals surface area contributed by atoms with Crippen LogP contribution in [0.15, 0.2) is 12.2 Å². The first kappa shape index (κ1) is 48.9. The van der Waals surface area contributed by atoms with Crippen molar-refractivity contribution < 1.29 is 44.9 Å². The van der Waals surface area contributed by atoms with Crippen LogP contribution in [0, 0.1) is 0 Å². The Morgan fingerprint density at radius 3 is 1.58 bits per heavy atom. The smallest absolute Gasteiger partial charge is 0.249 e. The van der Waals surface area contributed by atoms with Gasteiger partial charge in [0, 0.05) is 0 Å². The van der Waals surface area contributed by atoms with Crippen LogP contribution in [-0.2, 0) is 14.3 Å². The van der Waals surface area contributed by atoms with E-state index in [0.717, 1.165) is 44.9 Å². The molecule has 1 saturated heterocycles. The fourth-order valence-corrected chi connectivity index (χ4v) is 6.87. The van der Waals surface area contributed by atoms with E-state index in [1.807, 2.05) is 0 Å². The average molecular weight is 744 g/mol. The summed E-state index contributed by atoms with van der Waals surface area (Å²) in [7, 11) is 0. The van der Waals surface area contributed by atoms with E-state index in [4.69, 9.17) is 9.47 Å². The molecule has 7 N–H and O–H groups in total. The molecule has 1 amide bonds. The largest absolute Gasteiger partial charge is 0.394 e. The molecule has 0 aromatic rings. The summed E-state index contributed by atoms with van der Waals surface area (Å²) in [5, 5.41) is 64.6. The normalized spacial score (nSPS) is 22.5. The molecule has 52 heavy (non-hydrogen) atoms. The fourth-order valence-electron chi connectivity index (χ4n) is 6.87. The third kappa shape index (κ3) is 23.6. The Morgan fingerprint density at radius 2 is 1.08 bits per heavy atom. The van der Waals surface area contributed by atoms with Gasteiger partial charge in [-0.05, 0) is 38.5 Å². The van der Waals surface area contributed by atoms with E-state index < -0.39 is 61.5 Å². The predicted octanol–water partition coefficient (Wildman–Crippen LogP) is 7.14. The van der Waals surface area contributed by atoms with Crippen LogP contribution >= 0.6 is 0 Å². The van der Waals surface area contributed by atoms with Crippen molar-refractivity contribution in [3.63, 3.8) is 0 Å². The predicted molar refractivity (Wildman–Crippen MR) is 209 cm³/mol. The maximum Gasteiger partial charge on any atom is 0.249 e. The van der Waals surface area contributed by atoms with Gasteiger partial charge >= 0.3 is 0 Å². The number of rotatable bonds is 35. The van der Waals surface area contributed by atoms with E-state index >= 15 is 0 Å². The summed E-state index contributed by atoms with van der Waals surface area (Å²) < 4.78 is 11.1. The zero-order chi connectivity index (χ0) is 38.2. The van der Waals surface area contributed by atoms with Crippen molar-refractivity contribution in [1.29, 1.82) is 0 Å². The molecule has 1 heterocycles. The first-order chi connectivity index (χ1) is 25.3.